The maximum Gasteiger partial charge on any atom is 0.0582 e. The second-order valence-corrected chi connectivity index (χ2v) is 5.37. The van der Waals surface area contributed by atoms with Crippen LogP contribution in [0.15, 0.2) is 24.3 Å². The lowest BCUT2D eigenvalue weighted by Crippen LogP contribution is -2.29. The third-order valence-electron chi connectivity index (χ3n) is 2.74. The normalized spacial score (nSPS) is 13.8. The van der Waals surface area contributed by atoms with Crippen molar-refractivity contribution in [2.75, 3.05) is 6.61 Å². The molecule has 2 nitrogen and oxygen atoms in total. The van der Waals surface area contributed by atoms with E-state index in [0.717, 1.165) is 6.54 Å². The summed E-state index contributed by atoms with van der Waals surface area (Å²) in [6, 6.07) is 8.63. The minimum atomic E-state index is 0.146. The molecular weight excluding hydrogens is 198 g/mol. The maximum absolute atomic E-state index is 8.98. The van der Waals surface area contributed by atoms with Crippen LogP contribution in [-0.2, 0) is 12.0 Å². The van der Waals surface area contributed by atoms with Crippen LogP contribution in [-0.4, -0.2) is 17.8 Å². The summed E-state index contributed by atoms with van der Waals surface area (Å²) < 4.78 is 0. The first-order valence-corrected chi connectivity index (χ1v) is 5.87. The Morgan fingerprint density at radius 1 is 1.25 bits per heavy atom. The minimum Gasteiger partial charge on any atom is -0.395 e. The highest BCUT2D eigenvalue weighted by molar-refractivity contribution is 5.32. The highest BCUT2D eigenvalue weighted by Gasteiger charge is 2.17. The Morgan fingerprint density at radius 3 is 2.44 bits per heavy atom. The number of hydrogen-bond acceptors (Lipinski definition) is 2. The van der Waals surface area contributed by atoms with Crippen molar-refractivity contribution in [2.24, 2.45) is 0 Å². The van der Waals surface area contributed by atoms with Gasteiger partial charge in [-0.3, -0.25) is 0 Å². The minimum absolute atomic E-state index is 0.146. The molecule has 1 atom stereocenters. The molecule has 0 bridgehead atoms. The first-order chi connectivity index (χ1) is 7.45. The molecule has 0 fully saturated rings. The van der Waals surface area contributed by atoms with Gasteiger partial charge in [-0.2, -0.15) is 0 Å². The van der Waals surface area contributed by atoms with Crippen molar-refractivity contribution in [1.29, 1.82) is 0 Å². The van der Waals surface area contributed by atoms with Crippen LogP contribution in [0.5, 0.6) is 0 Å². The van der Waals surface area contributed by atoms with Crippen LogP contribution in [0.4, 0.5) is 0 Å². The quantitative estimate of drug-likeness (QED) is 0.818. The number of nitrogens with one attached hydrogen (secondary N) is 1. The van der Waals surface area contributed by atoms with E-state index in [2.05, 4.69) is 50.4 Å². The number of aliphatic hydroxyl groups excluding tert-OH is 1. The van der Waals surface area contributed by atoms with Gasteiger partial charge in [-0.05, 0) is 23.5 Å². The summed E-state index contributed by atoms with van der Waals surface area (Å²) in [5.41, 5.74) is 2.85. The Labute approximate surface area is 98.7 Å². The molecule has 0 heterocycles. The Morgan fingerprint density at radius 2 is 1.88 bits per heavy atom. The van der Waals surface area contributed by atoms with Crippen molar-refractivity contribution in [3.05, 3.63) is 35.4 Å². The van der Waals surface area contributed by atoms with Crippen LogP contribution < -0.4 is 5.32 Å². The lowest BCUT2D eigenvalue weighted by molar-refractivity contribution is 0.251. The summed E-state index contributed by atoms with van der Waals surface area (Å²) in [5, 5.41) is 12.3. The summed E-state index contributed by atoms with van der Waals surface area (Å²) >= 11 is 0. The third-order valence-corrected chi connectivity index (χ3v) is 2.74. The summed E-state index contributed by atoms with van der Waals surface area (Å²) in [6.07, 6.45) is 0. The van der Waals surface area contributed by atoms with Gasteiger partial charge in [0.25, 0.3) is 0 Å². The fourth-order valence-electron chi connectivity index (χ4n) is 1.75. The first kappa shape index (κ1) is 13.2. The van der Waals surface area contributed by atoms with Gasteiger partial charge in [0.05, 0.1) is 6.61 Å². The molecule has 0 aromatic heterocycles. The van der Waals surface area contributed by atoms with E-state index in [-0.39, 0.29) is 18.1 Å². The lowest BCUT2D eigenvalue weighted by Gasteiger charge is -2.23. The van der Waals surface area contributed by atoms with E-state index in [1.165, 1.54) is 11.1 Å². The molecule has 1 rings (SSSR count). The van der Waals surface area contributed by atoms with Crippen molar-refractivity contribution in [1.82, 2.24) is 5.32 Å². The summed E-state index contributed by atoms with van der Waals surface area (Å²) in [6.45, 7) is 9.65. The number of aliphatic hydroxyl groups is 1. The van der Waals surface area contributed by atoms with Crippen LogP contribution in [0.2, 0.25) is 0 Å². The van der Waals surface area contributed by atoms with Gasteiger partial charge in [0.2, 0.25) is 0 Å². The van der Waals surface area contributed by atoms with Gasteiger partial charge in [0.1, 0.15) is 0 Å². The molecule has 0 amide bonds. The van der Waals surface area contributed by atoms with Crippen molar-refractivity contribution >= 4 is 0 Å². The van der Waals surface area contributed by atoms with Crippen LogP contribution >= 0.6 is 0 Å². The molecule has 0 aliphatic carbocycles. The van der Waals surface area contributed by atoms with E-state index in [9.17, 15) is 0 Å². The molecule has 1 aromatic carbocycles. The molecule has 0 aliphatic heterocycles. The molecule has 90 valence electrons. The average Bonchev–Trinajstić information content (AvgIpc) is 2.25. The molecule has 0 saturated carbocycles. The van der Waals surface area contributed by atoms with Crippen molar-refractivity contribution < 1.29 is 5.11 Å². The molecule has 0 aliphatic rings. The predicted molar refractivity (Wildman–Crippen MR) is 68.5 cm³/mol. The summed E-state index contributed by atoms with van der Waals surface area (Å²) in [7, 11) is 0. The molecular formula is C14H23NO. The molecule has 2 N–H and O–H groups in total. The van der Waals surface area contributed by atoms with Crippen molar-refractivity contribution in [3.63, 3.8) is 0 Å². The Balaban J connectivity index is 2.80. The monoisotopic (exact) mass is 221 g/mol. The largest absolute Gasteiger partial charge is 0.395 e. The maximum atomic E-state index is 8.98. The van der Waals surface area contributed by atoms with Gasteiger partial charge < -0.3 is 10.4 Å². The first-order valence-electron chi connectivity index (χ1n) is 5.87. The Bertz CT molecular complexity index is 328. The SMILES string of the molecule is CC(CO)NCc1ccccc1C(C)(C)C. The zero-order valence-corrected chi connectivity index (χ0v) is 10.7. The van der Waals surface area contributed by atoms with Gasteiger partial charge in [0, 0.05) is 12.6 Å². The average molecular weight is 221 g/mol. The van der Waals surface area contributed by atoms with E-state index in [1.807, 2.05) is 6.92 Å². The van der Waals surface area contributed by atoms with Gasteiger partial charge in [-0.15, -0.1) is 0 Å². The van der Waals surface area contributed by atoms with Crippen molar-refractivity contribution in [2.45, 2.75) is 45.7 Å². The molecule has 16 heavy (non-hydrogen) atoms. The molecule has 2 heteroatoms. The van der Waals surface area contributed by atoms with Gasteiger partial charge in [-0.25, -0.2) is 0 Å². The van der Waals surface area contributed by atoms with E-state index < -0.39 is 0 Å². The lowest BCUT2D eigenvalue weighted by atomic mass is 9.84. The highest BCUT2D eigenvalue weighted by Crippen LogP contribution is 2.25. The number of benzene rings is 1. The van der Waals surface area contributed by atoms with Crippen molar-refractivity contribution in [3.8, 4) is 0 Å². The molecule has 0 spiro atoms. The zero-order valence-electron chi connectivity index (χ0n) is 10.7. The Hall–Kier alpha value is -0.860. The smallest absolute Gasteiger partial charge is 0.0582 e. The van der Waals surface area contributed by atoms with Crippen LogP contribution in [0.3, 0.4) is 0 Å². The fraction of sp³-hybridized carbons (Fsp3) is 0.571. The van der Waals surface area contributed by atoms with E-state index in [1.54, 1.807) is 0 Å². The molecule has 0 radical (unpaired) electrons. The third kappa shape index (κ3) is 3.62. The van der Waals surface area contributed by atoms with E-state index in [4.69, 9.17) is 5.11 Å². The molecule has 1 aromatic rings. The van der Waals surface area contributed by atoms with Crippen LogP contribution in [0, 0.1) is 0 Å². The Kier molecular flexibility index (Phi) is 4.51. The summed E-state index contributed by atoms with van der Waals surface area (Å²) in [5.74, 6) is 0. The topological polar surface area (TPSA) is 32.3 Å². The fourth-order valence-corrected chi connectivity index (χ4v) is 1.75. The second kappa shape index (κ2) is 5.46. The van der Waals surface area contributed by atoms with Gasteiger partial charge in [-0.1, -0.05) is 45.0 Å². The predicted octanol–water partition coefficient (Wildman–Crippen LogP) is 2.45. The summed E-state index contributed by atoms with van der Waals surface area (Å²) in [4.78, 5) is 0. The molecule has 0 saturated heterocycles. The van der Waals surface area contributed by atoms with E-state index in [0.29, 0.717) is 0 Å². The zero-order chi connectivity index (χ0) is 12.2. The standard InChI is InChI=1S/C14H23NO/c1-11(10-16)15-9-12-7-5-6-8-13(12)14(2,3)4/h5-8,11,15-16H,9-10H2,1-4H3. The second-order valence-electron chi connectivity index (χ2n) is 5.37. The highest BCUT2D eigenvalue weighted by atomic mass is 16.3. The van der Waals surface area contributed by atoms with Crippen LogP contribution in [0.25, 0.3) is 0 Å². The number of hydrogen-bond donors (Lipinski definition) is 2. The van der Waals surface area contributed by atoms with Gasteiger partial charge in [0.15, 0.2) is 0 Å². The van der Waals surface area contributed by atoms with Gasteiger partial charge >= 0.3 is 0 Å². The number of rotatable bonds is 4. The van der Waals surface area contributed by atoms with E-state index >= 15 is 0 Å². The molecule has 1 unspecified atom stereocenters. The van der Waals surface area contributed by atoms with Crippen LogP contribution in [0.1, 0.15) is 38.8 Å².